The maximum atomic E-state index is 13.8. The molecule has 0 unspecified atom stereocenters. The minimum Gasteiger partial charge on any atom is -0.423 e. The maximum Gasteiger partial charge on any atom is 0.491 e. The summed E-state index contributed by atoms with van der Waals surface area (Å²) in [7, 11) is -0.960. The molecule has 2 aromatic rings. The van der Waals surface area contributed by atoms with Gasteiger partial charge in [0.1, 0.15) is 0 Å². The van der Waals surface area contributed by atoms with Crippen LogP contribution in [0.15, 0.2) is 36.4 Å². The molecule has 0 fully saturated rings. The molecule has 0 saturated heterocycles. The van der Waals surface area contributed by atoms with Gasteiger partial charge in [-0.2, -0.15) is 0 Å². The van der Waals surface area contributed by atoms with Gasteiger partial charge in [-0.15, -0.1) is 0 Å². The summed E-state index contributed by atoms with van der Waals surface area (Å²) in [5.74, 6) is -1.06. The SMILES string of the molecule is O=C(Cc1ccc2c(c1)B(O)OC2)c1cccc(Cl)c1F. The number of hydrogen-bond acceptors (Lipinski definition) is 3. The molecule has 0 radical (unpaired) electrons. The molecule has 1 aliphatic rings. The van der Waals surface area contributed by atoms with Gasteiger partial charge in [0, 0.05) is 6.42 Å². The fourth-order valence-electron chi connectivity index (χ4n) is 2.37. The Bertz CT molecular complexity index is 720. The molecule has 0 atom stereocenters. The predicted molar refractivity (Wildman–Crippen MR) is 78.3 cm³/mol. The monoisotopic (exact) mass is 304 g/mol. The van der Waals surface area contributed by atoms with Crippen LogP contribution in [0.2, 0.25) is 5.02 Å². The predicted octanol–water partition coefficient (Wildman–Crippen LogP) is 2.12. The van der Waals surface area contributed by atoms with Gasteiger partial charge in [0.25, 0.3) is 0 Å². The van der Waals surface area contributed by atoms with E-state index in [1.54, 1.807) is 18.2 Å². The van der Waals surface area contributed by atoms with Gasteiger partial charge >= 0.3 is 7.12 Å². The fourth-order valence-corrected chi connectivity index (χ4v) is 2.55. The van der Waals surface area contributed by atoms with Gasteiger partial charge in [0.05, 0.1) is 17.2 Å². The summed E-state index contributed by atoms with van der Waals surface area (Å²) < 4.78 is 18.9. The molecule has 6 heteroatoms. The van der Waals surface area contributed by atoms with E-state index >= 15 is 0 Å². The van der Waals surface area contributed by atoms with Gasteiger partial charge in [-0.25, -0.2) is 4.39 Å². The number of ketones is 1. The molecule has 1 heterocycles. The van der Waals surface area contributed by atoms with Crippen LogP contribution in [0.4, 0.5) is 4.39 Å². The Kier molecular flexibility index (Phi) is 3.80. The van der Waals surface area contributed by atoms with Gasteiger partial charge in [-0.3, -0.25) is 4.79 Å². The molecule has 2 aromatic carbocycles. The Labute approximate surface area is 126 Å². The fraction of sp³-hybridized carbons (Fsp3) is 0.133. The van der Waals surface area contributed by atoms with E-state index in [9.17, 15) is 14.2 Å². The molecule has 106 valence electrons. The molecule has 1 aliphatic heterocycles. The van der Waals surface area contributed by atoms with Crippen molar-refractivity contribution in [2.45, 2.75) is 13.0 Å². The van der Waals surface area contributed by atoms with Gasteiger partial charge in [0.15, 0.2) is 11.6 Å². The lowest BCUT2D eigenvalue weighted by atomic mass is 9.78. The zero-order chi connectivity index (χ0) is 15.0. The molecule has 0 aliphatic carbocycles. The first-order valence-electron chi connectivity index (χ1n) is 6.45. The Morgan fingerprint density at radius 3 is 3.00 bits per heavy atom. The second-order valence-electron chi connectivity index (χ2n) is 4.90. The number of fused-ring (bicyclic) bond motifs is 1. The van der Waals surface area contributed by atoms with E-state index < -0.39 is 12.9 Å². The van der Waals surface area contributed by atoms with Crippen molar-refractivity contribution in [3.63, 3.8) is 0 Å². The highest BCUT2D eigenvalue weighted by Gasteiger charge is 2.27. The number of carbonyl (C=O) groups is 1. The summed E-state index contributed by atoms with van der Waals surface area (Å²) in [5, 5.41) is 9.58. The summed E-state index contributed by atoms with van der Waals surface area (Å²) in [6, 6.07) is 9.65. The van der Waals surface area contributed by atoms with Crippen LogP contribution in [0.25, 0.3) is 0 Å². The summed E-state index contributed by atoms with van der Waals surface area (Å²) >= 11 is 5.68. The normalized spacial score (nSPS) is 13.4. The van der Waals surface area contributed by atoms with Crippen molar-refractivity contribution in [3.8, 4) is 0 Å². The van der Waals surface area contributed by atoms with Crippen molar-refractivity contribution < 1.29 is 18.9 Å². The van der Waals surface area contributed by atoms with Crippen molar-refractivity contribution in [2.75, 3.05) is 0 Å². The van der Waals surface area contributed by atoms with Crippen LogP contribution in [0, 0.1) is 5.82 Å². The highest BCUT2D eigenvalue weighted by atomic mass is 35.5. The lowest BCUT2D eigenvalue weighted by Crippen LogP contribution is -2.28. The molecule has 3 rings (SSSR count). The third kappa shape index (κ3) is 2.72. The van der Waals surface area contributed by atoms with Gasteiger partial charge in [-0.05, 0) is 28.7 Å². The Balaban J connectivity index is 1.85. The highest BCUT2D eigenvalue weighted by Crippen LogP contribution is 2.20. The number of Topliss-reactive ketones (excluding diaryl/α,β-unsaturated/α-hetero) is 1. The number of carbonyl (C=O) groups excluding carboxylic acids is 1. The molecular weight excluding hydrogens is 293 g/mol. The number of hydrogen-bond donors (Lipinski definition) is 1. The molecule has 21 heavy (non-hydrogen) atoms. The van der Waals surface area contributed by atoms with Crippen molar-refractivity contribution in [1.29, 1.82) is 0 Å². The minimum absolute atomic E-state index is 0.0280. The van der Waals surface area contributed by atoms with Crippen molar-refractivity contribution in [1.82, 2.24) is 0 Å². The Hall–Kier alpha value is -1.69. The van der Waals surface area contributed by atoms with Gasteiger partial charge < -0.3 is 9.68 Å². The van der Waals surface area contributed by atoms with Gasteiger partial charge in [-0.1, -0.05) is 35.9 Å². The molecular formula is C15H11BClFO3. The van der Waals surface area contributed by atoms with Crippen molar-refractivity contribution in [3.05, 3.63) is 63.9 Å². The number of benzene rings is 2. The second kappa shape index (κ2) is 5.60. The number of halogens is 2. The van der Waals surface area contributed by atoms with Crippen LogP contribution in [0.3, 0.4) is 0 Å². The lowest BCUT2D eigenvalue weighted by molar-refractivity contribution is 0.0989. The average molecular weight is 305 g/mol. The molecule has 3 nitrogen and oxygen atoms in total. The van der Waals surface area contributed by atoms with Crippen LogP contribution >= 0.6 is 11.6 Å². The summed E-state index contributed by atoms with van der Waals surface area (Å²) in [6.07, 6.45) is 0.0390. The third-order valence-electron chi connectivity index (χ3n) is 3.49. The first kappa shape index (κ1) is 14.3. The second-order valence-corrected chi connectivity index (χ2v) is 5.31. The molecule has 0 amide bonds. The van der Waals surface area contributed by atoms with E-state index in [1.165, 1.54) is 12.1 Å². The van der Waals surface area contributed by atoms with Crippen molar-refractivity contribution >= 4 is 30.0 Å². The maximum absolute atomic E-state index is 13.8. The molecule has 1 N–H and O–H groups in total. The molecule has 0 bridgehead atoms. The Morgan fingerprint density at radius 1 is 1.38 bits per heavy atom. The van der Waals surface area contributed by atoms with E-state index in [4.69, 9.17) is 16.3 Å². The first-order chi connectivity index (χ1) is 10.1. The summed E-state index contributed by atoms with van der Waals surface area (Å²) in [4.78, 5) is 12.2. The summed E-state index contributed by atoms with van der Waals surface area (Å²) in [6.45, 7) is 0.355. The molecule has 0 aromatic heterocycles. The standard InChI is InChI=1S/C15H11BClFO3/c17-13-3-1-2-11(15(13)18)14(19)7-9-4-5-10-8-21-16(20)12(10)6-9/h1-6,20H,7-8H2. The number of rotatable bonds is 3. The third-order valence-corrected chi connectivity index (χ3v) is 3.78. The van der Waals surface area contributed by atoms with E-state index in [1.807, 2.05) is 6.07 Å². The lowest BCUT2D eigenvalue weighted by Gasteiger charge is -2.06. The van der Waals surface area contributed by atoms with E-state index in [2.05, 4.69) is 0 Å². The van der Waals surface area contributed by atoms with Crippen LogP contribution in [0.5, 0.6) is 0 Å². The van der Waals surface area contributed by atoms with Crippen LogP contribution in [-0.2, 0) is 17.7 Å². The van der Waals surface area contributed by atoms with E-state index in [-0.39, 0.29) is 22.8 Å². The summed E-state index contributed by atoms with van der Waals surface area (Å²) in [5.41, 5.74) is 2.22. The molecule has 0 saturated carbocycles. The van der Waals surface area contributed by atoms with Crippen molar-refractivity contribution in [2.24, 2.45) is 0 Å². The van der Waals surface area contributed by atoms with Crippen LogP contribution < -0.4 is 5.46 Å². The van der Waals surface area contributed by atoms with Crippen LogP contribution in [0.1, 0.15) is 21.5 Å². The zero-order valence-electron chi connectivity index (χ0n) is 11.0. The quantitative estimate of drug-likeness (QED) is 0.698. The van der Waals surface area contributed by atoms with E-state index in [0.29, 0.717) is 17.6 Å². The molecule has 0 spiro atoms. The Morgan fingerprint density at radius 2 is 2.19 bits per heavy atom. The zero-order valence-corrected chi connectivity index (χ0v) is 11.7. The van der Waals surface area contributed by atoms with Gasteiger partial charge in [0.2, 0.25) is 0 Å². The van der Waals surface area contributed by atoms with E-state index in [0.717, 1.165) is 5.56 Å². The first-order valence-corrected chi connectivity index (χ1v) is 6.82. The topological polar surface area (TPSA) is 46.5 Å². The average Bonchev–Trinajstić information content (AvgIpc) is 2.83. The largest absolute Gasteiger partial charge is 0.491 e. The van der Waals surface area contributed by atoms with Crippen LogP contribution in [-0.4, -0.2) is 17.9 Å². The highest BCUT2D eigenvalue weighted by molar-refractivity contribution is 6.61. The minimum atomic E-state index is -0.960. The smallest absolute Gasteiger partial charge is 0.423 e.